The first-order chi connectivity index (χ1) is 15.7. The van der Waals surface area contributed by atoms with E-state index in [4.69, 9.17) is 23.1 Å². The fourth-order valence-electron chi connectivity index (χ4n) is 5.18. The highest BCUT2D eigenvalue weighted by atomic mass is 35.5. The lowest BCUT2D eigenvalue weighted by atomic mass is 9.80. The van der Waals surface area contributed by atoms with Crippen molar-refractivity contribution in [1.82, 2.24) is 9.55 Å². The Morgan fingerprint density at radius 2 is 1.97 bits per heavy atom. The van der Waals surface area contributed by atoms with E-state index in [0.717, 1.165) is 16.5 Å². The third-order valence-electron chi connectivity index (χ3n) is 7.17. The van der Waals surface area contributed by atoms with Crippen molar-refractivity contribution >= 4 is 44.9 Å². The summed E-state index contributed by atoms with van der Waals surface area (Å²) < 4.78 is 16.4. The number of hydrogen-bond donors (Lipinski definition) is 4. The van der Waals surface area contributed by atoms with Crippen LogP contribution in [0.15, 0.2) is 48.7 Å². The van der Waals surface area contributed by atoms with E-state index >= 15 is 0 Å². The molecule has 1 aliphatic carbocycles. The number of hydrogen-bond acceptors (Lipinski definition) is 5. The van der Waals surface area contributed by atoms with Gasteiger partial charge in [0.05, 0.1) is 28.2 Å². The lowest BCUT2D eigenvalue weighted by molar-refractivity contribution is -0.0241. The fourth-order valence-corrected chi connectivity index (χ4v) is 5.34. The van der Waals surface area contributed by atoms with Crippen molar-refractivity contribution in [2.75, 3.05) is 11.5 Å². The molecule has 2 heterocycles. The topological polar surface area (TPSA) is 110 Å². The quantitative estimate of drug-likeness (QED) is 0.331. The minimum absolute atomic E-state index is 0.289. The summed E-state index contributed by atoms with van der Waals surface area (Å²) in [4.78, 5) is 4.36. The van der Waals surface area contributed by atoms with Gasteiger partial charge >= 0.3 is 0 Å². The van der Waals surface area contributed by atoms with Crippen molar-refractivity contribution in [3.05, 3.63) is 65.1 Å². The maximum atomic E-state index is 14.6. The van der Waals surface area contributed by atoms with Crippen LogP contribution >= 0.6 is 11.6 Å². The molecular weight excluding hydrogens is 443 g/mol. The van der Waals surface area contributed by atoms with Gasteiger partial charge in [0.25, 0.3) is 0 Å². The molecule has 1 aliphatic rings. The molecular formula is C25H26ClFN4O2. The molecule has 4 aromatic rings. The molecule has 6 nitrogen and oxygen atoms in total. The van der Waals surface area contributed by atoms with Gasteiger partial charge in [-0.2, -0.15) is 0 Å². The molecule has 2 aromatic heterocycles. The van der Waals surface area contributed by atoms with E-state index in [9.17, 15) is 14.6 Å². The molecule has 2 aromatic carbocycles. The Hall–Kier alpha value is -2.87. The molecule has 172 valence electrons. The molecule has 1 fully saturated rings. The Morgan fingerprint density at radius 1 is 1.18 bits per heavy atom. The maximum absolute atomic E-state index is 14.6. The number of anilines is 2. The first-order valence-electron chi connectivity index (χ1n) is 10.9. The normalized spacial score (nSPS) is 25.3. The second kappa shape index (κ2) is 7.87. The number of nitrogens with zero attached hydrogens (tertiary/aromatic N) is 2. The van der Waals surface area contributed by atoms with Gasteiger partial charge in [0.1, 0.15) is 17.7 Å². The highest BCUT2D eigenvalue weighted by molar-refractivity contribution is 6.33. The van der Waals surface area contributed by atoms with Crippen molar-refractivity contribution in [3.63, 3.8) is 0 Å². The molecule has 0 saturated heterocycles. The number of fused-ring (bicyclic) bond motifs is 2. The summed E-state index contributed by atoms with van der Waals surface area (Å²) in [5.41, 5.74) is 13.9. The average molecular weight is 469 g/mol. The standard InChI is InChI=1S/C25H26ClFN4O2/c1-25(8-6-13-2-3-14-11-16(26)24(29)30-19(14)10-13)12-20(22(32)23(25)33)31-9-7-15-18(28)5-4-17(27)21(15)31/h2-5,7,9-11,20,22-23,32-33H,6,8,12,28H2,1H3,(H2,29,30)/t20-,22+,23+,25+/m1/s1. The Bertz CT molecular complexity index is 1370. The molecule has 0 spiro atoms. The van der Waals surface area contributed by atoms with E-state index in [0.29, 0.717) is 40.9 Å². The molecule has 8 heteroatoms. The van der Waals surface area contributed by atoms with Crippen LogP contribution in [0.5, 0.6) is 0 Å². The highest BCUT2D eigenvalue weighted by Crippen LogP contribution is 2.48. The first kappa shape index (κ1) is 21.9. The maximum Gasteiger partial charge on any atom is 0.147 e. The van der Waals surface area contributed by atoms with Gasteiger partial charge in [-0.15, -0.1) is 0 Å². The van der Waals surface area contributed by atoms with E-state index in [1.165, 1.54) is 12.1 Å². The van der Waals surface area contributed by atoms with Crippen LogP contribution in [-0.2, 0) is 6.42 Å². The average Bonchev–Trinajstić information content (AvgIpc) is 3.33. The predicted molar refractivity (Wildman–Crippen MR) is 130 cm³/mol. The summed E-state index contributed by atoms with van der Waals surface area (Å²) >= 11 is 6.06. The van der Waals surface area contributed by atoms with Crippen LogP contribution in [0.2, 0.25) is 5.02 Å². The van der Waals surface area contributed by atoms with Crippen LogP contribution in [0, 0.1) is 11.2 Å². The summed E-state index contributed by atoms with van der Waals surface area (Å²) in [7, 11) is 0. The lowest BCUT2D eigenvalue weighted by Crippen LogP contribution is -2.35. The predicted octanol–water partition coefficient (Wildman–Crippen LogP) is 4.45. The summed E-state index contributed by atoms with van der Waals surface area (Å²) in [5, 5.41) is 23.8. The molecule has 1 saturated carbocycles. The number of nitrogen functional groups attached to an aromatic ring is 2. The zero-order valence-electron chi connectivity index (χ0n) is 18.2. The van der Waals surface area contributed by atoms with Crippen molar-refractivity contribution in [1.29, 1.82) is 0 Å². The van der Waals surface area contributed by atoms with E-state index in [-0.39, 0.29) is 5.82 Å². The van der Waals surface area contributed by atoms with Crippen molar-refractivity contribution < 1.29 is 14.6 Å². The Morgan fingerprint density at radius 3 is 2.76 bits per heavy atom. The molecule has 5 rings (SSSR count). The minimum atomic E-state index is -1.02. The molecule has 0 amide bonds. The summed E-state index contributed by atoms with van der Waals surface area (Å²) in [6.45, 7) is 1.97. The summed E-state index contributed by atoms with van der Waals surface area (Å²) in [6, 6.07) is 11.9. The van der Waals surface area contributed by atoms with E-state index in [1.807, 2.05) is 25.1 Å². The SMILES string of the molecule is C[C@]1(CCc2ccc3cc(Cl)c(N)nc3c2)C[C@@H](n2ccc3c(N)ccc(F)c32)[C@H](O)[C@@H]1O. The van der Waals surface area contributed by atoms with Gasteiger partial charge in [-0.05, 0) is 60.6 Å². The molecule has 4 atom stereocenters. The number of aliphatic hydroxyl groups is 2. The molecule has 0 radical (unpaired) electrons. The molecule has 33 heavy (non-hydrogen) atoms. The number of rotatable bonds is 4. The van der Waals surface area contributed by atoms with E-state index in [2.05, 4.69) is 4.98 Å². The van der Waals surface area contributed by atoms with Crippen molar-refractivity contribution in [2.24, 2.45) is 5.41 Å². The van der Waals surface area contributed by atoms with Crippen LogP contribution in [-0.4, -0.2) is 32.0 Å². The zero-order chi connectivity index (χ0) is 23.5. The first-order valence-corrected chi connectivity index (χ1v) is 11.3. The van der Waals surface area contributed by atoms with Gasteiger partial charge in [-0.25, -0.2) is 9.37 Å². The Labute approximate surface area is 195 Å². The van der Waals surface area contributed by atoms with Crippen LogP contribution in [0.25, 0.3) is 21.8 Å². The third kappa shape index (κ3) is 3.60. The fraction of sp³-hybridized carbons (Fsp3) is 0.320. The lowest BCUT2D eigenvalue weighted by Gasteiger charge is -2.28. The Kier molecular flexibility index (Phi) is 5.23. The van der Waals surface area contributed by atoms with Crippen LogP contribution in [0.4, 0.5) is 15.9 Å². The van der Waals surface area contributed by atoms with Crippen LogP contribution in [0.1, 0.15) is 31.4 Å². The van der Waals surface area contributed by atoms with Gasteiger partial charge in [0, 0.05) is 22.7 Å². The second-order valence-corrected chi connectivity index (χ2v) is 9.77. The molecule has 0 unspecified atom stereocenters. The number of nitrogens with two attached hydrogens (primary N) is 2. The third-order valence-corrected chi connectivity index (χ3v) is 7.48. The number of aromatic nitrogens is 2. The molecule has 0 aliphatic heterocycles. The van der Waals surface area contributed by atoms with Crippen LogP contribution in [0.3, 0.4) is 0 Å². The van der Waals surface area contributed by atoms with Gasteiger partial charge < -0.3 is 26.2 Å². The van der Waals surface area contributed by atoms with Gasteiger partial charge in [0.15, 0.2) is 0 Å². The molecule has 0 bridgehead atoms. The van der Waals surface area contributed by atoms with Crippen molar-refractivity contribution in [3.8, 4) is 0 Å². The highest BCUT2D eigenvalue weighted by Gasteiger charge is 2.50. The minimum Gasteiger partial charge on any atom is -0.398 e. The monoisotopic (exact) mass is 468 g/mol. The number of halogens is 2. The summed E-state index contributed by atoms with van der Waals surface area (Å²) in [5.74, 6) is -0.111. The summed E-state index contributed by atoms with van der Waals surface area (Å²) in [6.07, 6.45) is 1.59. The zero-order valence-corrected chi connectivity index (χ0v) is 18.9. The second-order valence-electron chi connectivity index (χ2n) is 9.37. The number of benzene rings is 2. The number of pyridine rings is 1. The Balaban J connectivity index is 1.40. The van der Waals surface area contributed by atoms with E-state index < -0.39 is 29.5 Å². The van der Waals surface area contributed by atoms with Crippen LogP contribution < -0.4 is 11.5 Å². The van der Waals surface area contributed by atoms with Gasteiger partial charge in [-0.3, -0.25) is 0 Å². The number of aryl methyl sites for hydroxylation is 1. The van der Waals surface area contributed by atoms with Gasteiger partial charge in [0.2, 0.25) is 0 Å². The largest absolute Gasteiger partial charge is 0.398 e. The smallest absolute Gasteiger partial charge is 0.147 e. The molecule has 6 N–H and O–H groups in total. The number of aliphatic hydroxyl groups excluding tert-OH is 2. The van der Waals surface area contributed by atoms with Crippen molar-refractivity contribution in [2.45, 2.75) is 44.4 Å². The van der Waals surface area contributed by atoms with Gasteiger partial charge in [-0.1, -0.05) is 30.7 Å². The van der Waals surface area contributed by atoms with E-state index in [1.54, 1.807) is 22.9 Å².